The molecule has 5 nitrogen and oxygen atoms in total. The van der Waals surface area contributed by atoms with Gasteiger partial charge in [0.1, 0.15) is 0 Å². The van der Waals surface area contributed by atoms with Crippen LogP contribution in [0.15, 0.2) is 0 Å². The second kappa shape index (κ2) is 12.8. The van der Waals surface area contributed by atoms with Gasteiger partial charge in [-0.25, -0.2) is 0 Å². The van der Waals surface area contributed by atoms with Crippen LogP contribution in [0.1, 0.15) is 0 Å². The van der Waals surface area contributed by atoms with Gasteiger partial charge in [0.15, 0.2) is 17.4 Å². The first-order valence-electron chi connectivity index (χ1n) is 0.667. The van der Waals surface area contributed by atoms with Crippen LogP contribution in [-0.2, 0) is 27.5 Å². The predicted molar refractivity (Wildman–Crippen MR) is 30.9 cm³/mol. The van der Waals surface area contributed by atoms with Gasteiger partial charge in [-0.2, -0.15) is 0 Å². The molecule has 9 heavy (non-hydrogen) atoms. The van der Waals surface area contributed by atoms with Crippen LogP contribution in [0.3, 0.4) is 0 Å². The fraction of sp³-hybridized carbons (Fsp3) is 0. The summed E-state index contributed by atoms with van der Waals surface area (Å²) in [5.74, 6) is 0. The Hall–Kier alpha value is 2.14. The van der Waals surface area contributed by atoms with E-state index in [2.05, 4.69) is 0 Å². The van der Waals surface area contributed by atoms with Gasteiger partial charge in [0.2, 0.25) is 0 Å². The van der Waals surface area contributed by atoms with E-state index in [4.69, 9.17) is 17.5 Å². The van der Waals surface area contributed by atoms with Gasteiger partial charge in [-0.1, -0.05) is 0 Å². The Labute approximate surface area is 104 Å². The summed E-state index contributed by atoms with van der Waals surface area (Å²) in [6.07, 6.45) is 0. The fourth-order valence-corrected chi connectivity index (χ4v) is 0. The molecule has 0 unspecified atom stereocenters. The van der Waals surface area contributed by atoms with E-state index in [1.807, 2.05) is 0 Å². The Morgan fingerprint density at radius 2 is 1.11 bits per heavy atom. The molecular weight excluding hydrogens is 235 g/mol. The Morgan fingerprint density at radius 1 is 1.11 bits per heavy atom. The van der Waals surface area contributed by atoms with Gasteiger partial charge in [0.25, 0.3) is 0 Å². The van der Waals surface area contributed by atoms with Crippen molar-refractivity contribution < 1.29 is 40.1 Å². The molecule has 1 N–H and O–H groups in total. The van der Waals surface area contributed by atoms with E-state index in [0.717, 1.165) is 0 Å². The van der Waals surface area contributed by atoms with Gasteiger partial charge < -0.3 is 14.6 Å². The maximum absolute atomic E-state index is 8.52. The van der Waals surface area contributed by atoms with E-state index in [1.54, 1.807) is 0 Å². The Balaban J connectivity index is -0.0000000133. The van der Waals surface area contributed by atoms with Crippen molar-refractivity contribution in [1.29, 1.82) is 0 Å². The predicted octanol–water partition coefficient (Wildman–Crippen LogP) is -3.62. The van der Waals surface area contributed by atoms with Crippen LogP contribution in [0.25, 0.3) is 0 Å². The molecule has 0 atom stereocenters. The van der Waals surface area contributed by atoms with Gasteiger partial charge in [-0.15, -0.1) is 0 Å². The summed E-state index contributed by atoms with van der Waals surface area (Å²) in [7, 11) is -5.17. The van der Waals surface area contributed by atoms with Gasteiger partial charge in [-0.05, 0) is 0 Å². The number of hydrogen-bond donors (Lipinski definition) is 0. The molecule has 0 fully saturated rings. The molecule has 1 radical (unpaired) electrons. The van der Waals surface area contributed by atoms with Gasteiger partial charge in [0, 0.05) is 10.4 Å². The molecular formula is H6AlCaFeO5S. The van der Waals surface area contributed by atoms with Gasteiger partial charge in [0.05, 0.1) is 0 Å². The molecule has 0 spiro atoms. The molecule has 0 rings (SSSR count). The van der Waals surface area contributed by atoms with Crippen molar-refractivity contribution in [2.75, 3.05) is 0 Å². The monoisotopic (exact) mass is 241 g/mol. The zero-order chi connectivity index (χ0) is 4.50. The average Bonchev–Trinajstić information content (AvgIpc) is 0.722. The van der Waals surface area contributed by atoms with Crippen LogP contribution in [0.5, 0.6) is 0 Å². The van der Waals surface area contributed by atoms with Crippen LogP contribution in [0, 0.1) is 0 Å². The summed E-state index contributed by atoms with van der Waals surface area (Å²) in [5, 5.41) is 0. The quantitative estimate of drug-likeness (QED) is 0.247. The first-order chi connectivity index (χ1) is 2.00. The minimum Gasteiger partial charge on any atom is -0.870 e. The topological polar surface area (TPSA) is 110 Å². The normalized spacial score (nSPS) is 6.44. The molecule has 0 aliphatic heterocycles. The molecule has 0 aromatic carbocycles. The smallest absolute Gasteiger partial charge is 0.870 e. The summed E-state index contributed by atoms with van der Waals surface area (Å²) in [6.45, 7) is 0. The van der Waals surface area contributed by atoms with E-state index in [1.165, 1.54) is 0 Å². The average molecular weight is 241 g/mol. The van der Waals surface area contributed by atoms with Crippen molar-refractivity contribution in [3.05, 3.63) is 0 Å². The third kappa shape index (κ3) is 147. The molecule has 0 aromatic rings. The first kappa shape index (κ1) is 30.4. The summed E-state index contributed by atoms with van der Waals surface area (Å²) >= 11 is 0. The Morgan fingerprint density at radius 3 is 1.11 bits per heavy atom. The molecule has 9 heteroatoms. The van der Waals surface area contributed by atoms with E-state index < -0.39 is 10.4 Å². The maximum atomic E-state index is 8.52. The van der Waals surface area contributed by atoms with Crippen molar-refractivity contribution >= 4 is 65.5 Å². The zero-order valence-corrected chi connectivity index (χ0v) is 4.76. The molecule has 0 amide bonds. The summed E-state index contributed by atoms with van der Waals surface area (Å²) in [5.41, 5.74) is 0. The van der Waals surface area contributed by atoms with E-state index in [9.17, 15) is 0 Å². The number of rotatable bonds is 0. The van der Waals surface area contributed by atoms with Crippen molar-refractivity contribution in [2.45, 2.75) is 0 Å². The van der Waals surface area contributed by atoms with Crippen LogP contribution in [-0.4, -0.2) is 78.1 Å². The molecule has 0 aliphatic rings. The van der Waals surface area contributed by atoms with Crippen molar-refractivity contribution in [2.24, 2.45) is 0 Å². The molecule has 0 heterocycles. The van der Waals surface area contributed by atoms with Crippen molar-refractivity contribution in [3.63, 3.8) is 0 Å². The minimum absolute atomic E-state index is 0. The van der Waals surface area contributed by atoms with Crippen molar-refractivity contribution in [1.82, 2.24) is 0 Å². The zero-order valence-electron chi connectivity index (χ0n) is 2.84. The first-order valence-corrected chi connectivity index (χ1v) is 2.00. The SMILES string of the molecule is O=S(=O)([O-])[O-].[AlH3].[CaH2].[Fe+3].[OH-]. The van der Waals surface area contributed by atoms with Gasteiger partial charge in [-0.3, -0.25) is 8.42 Å². The van der Waals surface area contributed by atoms with E-state index in [-0.39, 0.29) is 77.6 Å². The third-order valence-corrected chi connectivity index (χ3v) is 0. The molecule has 0 aliphatic carbocycles. The maximum Gasteiger partial charge on any atom is 3.00 e. The summed E-state index contributed by atoms with van der Waals surface area (Å²) < 4.78 is 34.1. The van der Waals surface area contributed by atoms with E-state index >= 15 is 0 Å². The second-order valence-electron chi connectivity index (χ2n) is 0.408. The molecule has 0 saturated heterocycles. The summed E-state index contributed by atoms with van der Waals surface area (Å²) in [4.78, 5) is 0. The van der Waals surface area contributed by atoms with Crippen LogP contribution in [0.2, 0.25) is 0 Å². The van der Waals surface area contributed by atoms with Gasteiger partial charge >= 0.3 is 54.8 Å². The fourth-order valence-electron chi connectivity index (χ4n) is 0. The summed E-state index contributed by atoms with van der Waals surface area (Å²) in [6, 6.07) is 0. The molecule has 0 bridgehead atoms. The Bertz CT molecular complexity index is 100. The van der Waals surface area contributed by atoms with Crippen LogP contribution < -0.4 is 0 Å². The third-order valence-electron chi connectivity index (χ3n) is 0. The number of hydrogen-bond acceptors (Lipinski definition) is 5. The molecule has 0 aromatic heterocycles. The van der Waals surface area contributed by atoms with Crippen LogP contribution >= 0.6 is 0 Å². The standard InChI is InChI=1S/Al.Ca.Fe.H2O4S.H2O.5H/c;;;1-5(2,3)4;;;;;;/h;;;(H2,1,2,3,4);1H2;;;;;/q;;+3;;;;;;;/p-3. The van der Waals surface area contributed by atoms with Crippen LogP contribution in [0.4, 0.5) is 0 Å². The van der Waals surface area contributed by atoms with E-state index in [0.29, 0.717) is 0 Å². The molecule has 55 valence electrons. The minimum atomic E-state index is -5.17. The molecule has 0 saturated carbocycles. The van der Waals surface area contributed by atoms with Crippen molar-refractivity contribution in [3.8, 4) is 0 Å². The Kier molecular flexibility index (Phi) is 43.2. The largest absolute Gasteiger partial charge is 3.00 e. The second-order valence-corrected chi connectivity index (χ2v) is 1.22.